The highest BCUT2D eigenvalue weighted by molar-refractivity contribution is 6.35. The lowest BCUT2D eigenvalue weighted by Crippen LogP contribution is -2.45. The standard InChI is InChI=1S/C25H26Cl3N5O2/c1-2-22(34)29-15-19-23(25(35)31-32-11-4-3-5-12-32)30-33(21-10-9-18(27)14-20(21)28)24(19)16-7-6-8-17(26)13-16/h6-10,13-14H,2-5,11-12,15H2,1H3,(H,29,34)(H,31,35). The molecule has 4 rings (SSSR count). The lowest BCUT2D eigenvalue weighted by Gasteiger charge is -2.26. The fourth-order valence-corrected chi connectivity index (χ4v) is 4.75. The molecule has 35 heavy (non-hydrogen) atoms. The number of hydrogen-bond acceptors (Lipinski definition) is 4. The molecule has 1 saturated heterocycles. The summed E-state index contributed by atoms with van der Waals surface area (Å²) >= 11 is 19.0. The first-order valence-electron chi connectivity index (χ1n) is 11.5. The molecule has 3 aromatic rings. The molecule has 7 nitrogen and oxygen atoms in total. The summed E-state index contributed by atoms with van der Waals surface area (Å²) in [7, 11) is 0. The second kappa shape index (κ2) is 11.4. The van der Waals surface area contributed by atoms with E-state index in [-0.39, 0.29) is 24.1 Å². The predicted octanol–water partition coefficient (Wildman–Crippen LogP) is 5.66. The molecule has 1 fully saturated rings. The molecule has 2 amide bonds. The molecule has 0 saturated carbocycles. The Morgan fingerprint density at radius 1 is 1.00 bits per heavy atom. The zero-order chi connectivity index (χ0) is 24.9. The number of amides is 2. The maximum absolute atomic E-state index is 13.5. The molecular weight excluding hydrogens is 509 g/mol. The highest BCUT2D eigenvalue weighted by atomic mass is 35.5. The minimum Gasteiger partial charge on any atom is -0.352 e. The van der Waals surface area contributed by atoms with Gasteiger partial charge in [0.1, 0.15) is 0 Å². The van der Waals surface area contributed by atoms with Crippen molar-refractivity contribution in [2.45, 2.75) is 39.2 Å². The Morgan fingerprint density at radius 3 is 2.43 bits per heavy atom. The van der Waals surface area contributed by atoms with Gasteiger partial charge in [0.2, 0.25) is 5.91 Å². The van der Waals surface area contributed by atoms with E-state index in [2.05, 4.69) is 10.7 Å². The minimum atomic E-state index is -0.347. The van der Waals surface area contributed by atoms with Gasteiger partial charge < -0.3 is 5.32 Å². The Hall–Kier alpha value is -2.58. The average Bonchev–Trinajstić information content (AvgIpc) is 3.22. The van der Waals surface area contributed by atoms with Gasteiger partial charge in [-0.25, -0.2) is 9.69 Å². The van der Waals surface area contributed by atoms with Gasteiger partial charge in [0.25, 0.3) is 5.91 Å². The topological polar surface area (TPSA) is 79.3 Å². The molecule has 0 spiro atoms. The lowest BCUT2D eigenvalue weighted by molar-refractivity contribution is -0.120. The van der Waals surface area contributed by atoms with Crippen LogP contribution >= 0.6 is 34.8 Å². The van der Waals surface area contributed by atoms with Gasteiger partial charge in [0, 0.05) is 47.2 Å². The largest absolute Gasteiger partial charge is 0.352 e. The van der Waals surface area contributed by atoms with Gasteiger partial charge in [0.15, 0.2) is 5.69 Å². The number of benzene rings is 2. The maximum Gasteiger partial charge on any atom is 0.286 e. The molecule has 0 unspecified atom stereocenters. The molecule has 2 N–H and O–H groups in total. The second-order valence-corrected chi connectivity index (χ2v) is 9.59. The number of carbonyl (C=O) groups excluding carboxylic acids is 2. The van der Waals surface area contributed by atoms with Crippen molar-refractivity contribution in [2.75, 3.05) is 13.1 Å². The van der Waals surface area contributed by atoms with Crippen molar-refractivity contribution in [3.63, 3.8) is 0 Å². The van der Waals surface area contributed by atoms with Gasteiger partial charge in [-0.2, -0.15) is 5.10 Å². The Bertz CT molecular complexity index is 1240. The molecule has 0 radical (unpaired) electrons. The molecule has 0 bridgehead atoms. The van der Waals surface area contributed by atoms with Gasteiger partial charge in [-0.1, -0.05) is 60.3 Å². The highest BCUT2D eigenvalue weighted by Gasteiger charge is 2.27. The average molecular weight is 535 g/mol. The van der Waals surface area contributed by atoms with Gasteiger partial charge in [0.05, 0.1) is 16.4 Å². The number of hydrogen-bond donors (Lipinski definition) is 2. The van der Waals surface area contributed by atoms with Gasteiger partial charge in [-0.05, 0) is 43.2 Å². The van der Waals surface area contributed by atoms with Crippen LogP contribution in [0, 0.1) is 0 Å². The van der Waals surface area contributed by atoms with Crippen LogP contribution in [0.15, 0.2) is 42.5 Å². The van der Waals surface area contributed by atoms with Crippen LogP contribution in [0.4, 0.5) is 0 Å². The zero-order valence-electron chi connectivity index (χ0n) is 19.3. The van der Waals surface area contributed by atoms with E-state index in [1.165, 1.54) is 0 Å². The van der Waals surface area contributed by atoms with E-state index in [0.717, 1.165) is 37.9 Å². The van der Waals surface area contributed by atoms with Crippen molar-refractivity contribution < 1.29 is 9.59 Å². The third-order valence-electron chi connectivity index (χ3n) is 5.83. The first kappa shape index (κ1) is 25.5. The van der Waals surface area contributed by atoms with Crippen LogP contribution < -0.4 is 10.7 Å². The second-order valence-electron chi connectivity index (χ2n) is 8.31. The number of carbonyl (C=O) groups is 2. The first-order chi connectivity index (χ1) is 16.9. The maximum atomic E-state index is 13.5. The molecule has 0 aliphatic carbocycles. The summed E-state index contributed by atoms with van der Waals surface area (Å²) in [5.41, 5.74) is 5.63. The van der Waals surface area contributed by atoms with Gasteiger partial charge in [-0.15, -0.1) is 0 Å². The molecule has 1 aliphatic rings. The Morgan fingerprint density at radius 2 is 1.74 bits per heavy atom. The van der Waals surface area contributed by atoms with Crippen LogP contribution in [-0.4, -0.2) is 39.7 Å². The minimum absolute atomic E-state index is 0.114. The molecule has 0 atom stereocenters. The quantitative estimate of drug-likeness (QED) is 0.410. The number of halogens is 3. The van der Waals surface area contributed by atoms with Crippen molar-refractivity contribution >= 4 is 46.6 Å². The fraction of sp³-hybridized carbons (Fsp3) is 0.320. The summed E-state index contributed by atoms with van der Waals surface area (Å²) in [6.07, 6.45) is 3.49. The molecule has 10 heteroatoms. The molecular formula is C25H26Cl3N5O2. The van der Waals surface area contributed by atoms with Crippen LogP contribution in [0.1, 0.15) is 48.7 Å². The van der Waals surface area contributed by atoms with Crippen molar-refractivity contribution in [1.29, 1.82) is 0 Å². The van der Waals surface area contributed by atoms with E-state index in [4.69, 9.17) is 39.9 Å². The number of nitrogens with one attached hydrogen (secondary N) is 2. The lowest BCUT2D eigenvalue weighted by atomic mass is 10.0. The summed E-state index contributed by atoms with van der Waals surface area (Å²) in [5.74, 6) is -0.485. The van der Waals surface area contributed by atoms with Crippen LogP contribution in [0.25, 0.3) is 16.9 Å². The SMILES string of the molecule is CCC(=O)NCc1c(C(=O)NN2CCCCC2)nn(-c2ccc(Cl)cc2Cl)c1-c1cccc(Cl)c1. The van der Waals surface area contributed by atoms with E-state index in [1.807, 2.05) is 17.1 Å². The summed E-state index contributed by atoms with van der Waals surface area (Å²) in [6, 6.07) is 12.3. The monoisotopic (exact) mass is 533 g/mol. The summed E-state index contributed by atoms with van der Waals surface area (Å²) in [5, 5.41) is 10.9. The molecule has 1 aliphatic heterocycles. The van der Waals surface area contributed by atoms with Gasteiger partial charge in [-0.3, -0.25) is 15.0 Å². The normalized spacial score (nSPS) is 14.1. The van der Waals surface area contributed by atoms with Crippen LogP contribution in [0.3, 0.4) is 0 Å². The predicted molar refractivity (Wildman–Crippen MR) is 139 cm³/mol. The van der Waals surface area contributed by atoms with Crippen molar-refractivity contribution in [1.82, 2.24) is 25.5 Å². The van der Waals surface area contributed by atoms with E-state index >= 15 is 0 Å². The summed E-state index contributed by atoms with van der Waals surface area (Å²) in [4.78, 5) is 25.6. The number of nitrogens with zero attached hydrogens (tertiary/aromatic N) is 3. The van der Waals surface area contributed by atoms with E-state index < -0.39 is 0 Å². The van der Waals surface area contributed by atoms with E-state index in [9.17, 15) is 9.59 Å². The van der Waals surface area contributed by atoms with Crippen LogP contribution in [-0.2, 0) is 11.3 Å². The number of hydrazine groups is 1. The summed E-state index contributed by atoms with van der Waals surface area (Å²) < 4.78 is 1.61. The zero-order valence-corrected chi connectivity index (χ0v) is 21.6. The van der Waals surface area contributed by atoms with E-state index in [0.29, 0.717) is 38.4 Å². The van der Waals surface area contributed by atoms with Crippen LogP contribution in [0.5, 0.6) is 0 Å². The Kier molecular flexibility index (Phi) is 8.34. The first-order valence-corrected chi connectivity index (χ1v) is 12.7. The Balaban J connectivity index is 1.88. The smallest absolute Gasteiger partial charge is 0.286 e. The Labute approximate surface area is 219 Å². The van der Waals surface area contributed by atoms with Gasteiger partial charge >= 0.3 is 0 Å². The van der Waals surface area contributed by atoms with Crippen molar-refractivity contribution in [2.24, 2.45) is 0 Å². The molecule has 2 aromatic carbocycles. The van der Waals surface area contributed by atoms with Crippen LogP contribution in [0.2, 0.25) is 15.1 Å². The molecule has 1 aromatic heterocycles. The summed E-state index contributed by atoms with van der Waals surface area (Å²) in [6.45, 7) is 3.44. The third kappa shape index (κ3) is 5.98. The molecule has 184 valence electrons. The van der Waals surface area contributed by atoms with Crippen molar-refractivity contribution in [3.05, 3.63) is 68.8 Å². The highest BCUT2D eigenvalue weighted by Crippen LogP contribution is 2.34. The number of rotatable bonds is 7. The number of aromatic nitrogens is 2. The van der Waals surface area contributed by atoms with E-state index in [1.54, 1.807) is 41.9 Å². The van der Waals surface area contributed by atoms with Crippen molar-refractivity contribution in [3.8, 4) is 16.9 Å². The molecule has 2 heterocycles. The third-order valence-corrected chi connectivity index (χ3v) is 6.61. The number of piperidine rings is 1. The fourth-order valence-electron chi connectivity index (χ4n) is 4.07.